The number of halogens is 1. The van der Waals surface area contributed by atoms with E-state index in [2.05, 4.69) is 10.3 Å². The molecular weight excluding hydrogens is 412 g/mol. The molecule has 0 radical (unpaired) electrons. The van der Waals surface area contributed by atoms with Crippen LogP contribution in [0.4, 0.5) is 0 Å². The van der Waals surface area contributed by atoms with Gasteiger partial charge in [0.1, 0.15) is 5.01 Å². The molecule has 1 aliphatic heterocycles. The van der Waals surface area contributed by atoms with E-state index in [9.17, 15) is 14.4 Å². The number of hydrogen-bond donors (Lipinski definition) is 1. The van der Waals surface area contributed by atoms with Gasteiger partial charge in [0.25, 0.3) is 0 Å². The average molecular weight is 435 g/mol. The van der Waals surface area contributed by atoms with Crippen LogP contribution >= 0.6 is 22.9 Å². The van der Waals surface area contributed by atoms with Crippen molar-refractivity contribution in [3.05, 3.63) is 40.4 Å². The summed E-state index contributed by atoms with van der Waals surface area (Å²) in [5, 5.41) is 6.02. The summed E-state index contributed by atoms with van der Waals surface area (Å²) in [6.07, 6.45) is 0.403. The topological polar surface area (TPSA) is 82.6 Å². The van der Waals surface area contributed by atoms with Crippen LogP contribution in [0, 0.1) is 0 Å². The minimum atomic E-state index is -0.171. The third-order valence-corrected chi connectivity index (χ3v) is 5.99. The molecule has 2 aromatic rings. The number of piperazine rings is 1. The average Bonchev–Trinajstić information content (AvgIpc) is 3.16. The summed E-state index contributed by atoms with van der Waals surface area (Å²) in [7, 11) is 0. The van der Waals surface area contributed by atoms with E-state index in [-0.39, 0.29) is 37.1 Å². The van der Waals surface area contributed by atoms with Gasteiger partial charge >= 0.3 is 0 Å². The van der Waals surface area contributed by atoms with Crippen LogP contribution in [-0.4, -0.2) is 65.2 Å². The van der Waals surface area contributed by atoms with Gasteiger partial charge in [0.2, 0.25) is 17.7 Å². The van der Waals surface area contributed by atoms with E-state index < -0.39 is 0 Å². The highest BCUT2D eigenvalue weighted by Gasteiger charge is 2.22. The fraction of sp³-hybridized carbons (Fsp3) is 0.400. The second kappa shape index (κ2) is 9.84. The Labute approximate surface area is 178 Å². The maximum Gasteiger partial charge on any atom is 0.226 e. The minimum Gasteiger partial charge on any atom is -0.355 e. The van der Waals surface area contributed by atoms with Gasteiger partial charge in [0.15, 0.2) is 0 Å². The Morgan fingerprint density at radius 2 is 1.83 bits per heavy atom. The Kier molecular flexibility index (Phi) is 7.22. The molecule has 1 aliphatic rings. The maximum absolute atomic E-state index is 12.3. The van der Waals surface area contributed by atoms with Gasteiger partial charge in [-0.25, -0.2) is 4.98 Å². The van der Waals surface area contributed by atoms with Gasteiger partial charge in [-0.05, 0) is 6.07 Å². The molecule has 0 aliphatic carbocycles. The molecule has 0 atom stereocenters. The van der Waals surface area contributed by atoms with Crippen molar-refractivity contribution < 1.29 is 14.4 Å². The Bertz CT molecular complexity index is 893. The minimum absolute atomic E-state index is 0.0110. The van der Waals surface area contributed by atoms with E-state index in [1.807, 2.05) is 29.6 Å². The molecule has 2 heterocycles. The molecular formula is C20H23ClN4O3S. The number of nitrogens with one attached hydrogen (secondary N) is 1. The zero-order valence-corrected chi connectivity index (χ0v) is 17.8. The lowest BCUT2D eigenvalue weighted by atomic mass is 10.2. The zero-order valence-electron chi connectivity index (χ0n) is 16.2. The van der Waals surface area contributed by atoms with Crippen LogP contribution in [-0.2, 0) is 20.8 Å². The van der Waals surface area contributed by atoms with Gasteiger partial charge in [-0.1, -0.05) is 29.8 Å². The van der Waals surface area contributed by atoms with Gasteiger partial charge < -0.3 is 15.1 Å². The molecule has 1 aromatic heterocycles. The number of rotatable bonds is 6. The number of carbonyl (C=O) groups is 3. The van der Waals surface area contributed by atoms with Gasteiger partial charge in [-0.3, -0.25) is 14.4 Å². The third kappa shape index (κ3) is 5.77. The highest BCUT2D eigenvalue weighted by molar-refractivity contribution is 7.13. The number of aromatic nitrogens is 1. The predicted octanol–water partition coefficient (Wildman–Crippen LogP) is 2.20. The van der Waals surface area contributed by atoms with Crippen LogP contribution in [0.25, 0.3) is 10.6 Å². The Balaban J connectivity index is 1.41. The van der Waals surface area contributed by atoms with Gasteiger partial charge in [0, 0.05) is 57.0 Å². The smallest absolute Gasteiger partial charge is 0.226 e. The molecule has 0 unspecified atom stereocenters. The van der Waals surface area contributed by atoms with Crippen LogP contribution in [0.3, 0.4) is 0 Å². The van der Waals surface area contributed by atoms with E-state index in [0.717, 1.165) is 10.6 Å². The van der Waals surface area contributed by atoms with E-state index in [0.29, 0.717) is 36.9 Å². The number of nitrogens with zero attached hydrogens (tertiary/aromatic N) is 3. The zero-order chi connectivity index (χ0) is 20.8. The third-order valence-electron chi connectivity index (χ3n) is 4.74. The first-order valence-electron chi connectivity index (χ1n) is 9.43. The summed E-state index contributed by atoms with van der Waals surface area (Å²) in [5.74, 6) is -0.150. The molecule has 1 aromatic carbocycles. The summed E-state index contributed by atoms with van der Waals surface area (Å²) < 4.78 is 0. The molecule has 0 saturated carbocycles. The Hall–Kier alpha value is -2.45. The highest BCUT2D eigenvalue weighted by Crippen LogP contribution is 2.30. The summed E-state index contributed by atoms with van der Waals surface area (Å²) >= 11 is 7.64. The van der Waals surface area contributed by atoms with E-state index in [4.69, 9.17) is 11.6 Å². The Morgan fingerprint density at radius 3 is 2.52 bits per heavy atom. The van der Waals surface area contributed by atoms with Crippen LogP contribution in [0.5, 0.6) is 0 Å². The molecule has 3 amide bonds. The van der Waals surface area contributed by atoms with Gasteiger partial charge in [-0.15, -0.1) is 11.3 Å². The fourth-order valence-corrected chi connectivity index (χ4v) is 4.25. The first kappa shape index (κ1) is 21.3. The summed E-state index contributed by atoms with van der Waals surface area (Å²) in [5.41, 5.74) is 1.52. The van der Waals surface area contributed by atoms with Gasteiger partial charge in [0.05, 0.1) is 17.1 Å². The second-order valence-corrected chi connectivity index (χ2v) is 8.05. The highest BCUT2D eigenvalue weighted by atomic mass is 35.5. The van der Waals surface area contributed by atoms with E-state index >= 15 is 0 Å². The van der Waals surface area contributed by atoms with Crippen LogP contribution < -0.4 is 5.32 Å². The maximum atomic E-state index is 12.3. The lowest BCUT2D eigenvalue weighted by Crippen LogP contribution is -2.50. The monoisotopic (exact) mass is 434 g/mol. The molecule has 7 nitrogen and oxygen atoms in total. The molecule has 1 fully saturated rings. The number of carbonyl (C=O) groups excluding carboxylic acids is 3. The molecule has 1 N–H and O–H groups in total. The van der Waals surface area contributed by atoms with Crippen molar-refractivity contribution in [3.8, 4) is 10.6 Å². The van der Waals surface area contributed by atoms with Crippen LogP contribution in [0.2, 0.25) is 5.02 Å². The molecule has 0 bridgehead atoms. The number of benzene rings is 1. The van der Waals surface area contributed by atoms with Crippen molar-refractivity contribution in [3.63, 3.8) is 0 Å². The number of hydrogen-bond acceptors (Lipinski definition) is 5. The van der Waals surface area contributed by atoms with Crippen LogP contribution in [0.15, 0.2) is 29.6 Å². The summed E-state index contributed by atoms with van der Waals surface area (Å²) in [4.78, 5) is 43.7. The van der Waals surface area contributed by atoms with Crippen molar-refractivity contribution in [2.45, 2.75) is 19.8 Å². The second-order valence-electron chi connectivity index (χ2n) is 6.79. The molecule has 29 heavy (non-hydrogen) atoms. The normalized spacial score (nSPS) is 14.0. The largest absolute Gasteiger partial charge is 0.355 e. The lowest BCUT2D eigenvalue weighted by molar-refractivity contribution is -0.138. The molecule has 1 saturated heterocycles. The SMILES string of the molecule is CC(=O)N1CCN(C(=O)CCNC(=O)Cc2csc(-c3ccccc3Cl)n2)CC1. The number of amides is 3. The van der Waals surface area contributed by atoms with E-state index in [1.165, 1.54) is 18.3 Å². The Morgan fingerprint density at radius 1 is 1.14 bits per heavy atom. The standard InChI is InChI=1S/C20H23ClN4O3S/c1-14(26)24-8-10-25(11-9-24)19(28)6-7-22-18(27)12-15-13-29-20(23-15)16-4-2-3-5-17(16)21/h2-5,13H,6-12H2,1H3,(H,22,27). The molecule has 9 heteroatoms. The first-order chi connectivity index (χ1) is 13.9. The number of thiazole rings is 1. The predicted molar refractivity (Wildman–Crippen MR) is 113 cm³/mol. The molecule has 0 spiro atoms. The van der Waals surface area contributed by atoms with Crippen molar-refractivity contribution >= 4 is 40.7 Å². The quantitative estimate of drug-likeness (QED) is 0.755. The van der Waals surface area contributed by atoms with Crippen molar-refractivity contribution in [1.82, 2.24) is 20.1 Å². The van der Waals surface area contributed by atoms with Crippen molar-refractivity contribution in [2.75, 3.05) is 32.7 Å². The van der Waals surface area contributed by atoms with Crippen molar-refractivity contribution in [1.29, 1.82) is 0 Å². The van der Waals surface area contributed by atoms with Crippen LogP contribution in [0.1, 0.15) is 19.0 Å². The van der Waals surface area contributed by atoms with Gasteiger partial charge in [-0.2, -0.15) is 0 Å². The summed E-state index contributed by atoms with van der Waals surface area (Å²) in [6, 6.07) is 7.46. The lowest BCUT2D eigenvalue weighted by Gasteiger charge is -2.34. The molecule has 154 valence electrons. The summed E-state index contributed by atoms with van der Waals surface area (Å²) in [6.45, 7) is 4.01. The van der Waals surface area contributed by atoms with E-state index in [1.54, 1.807) is 9.80 Å². The molecule has 3 rings (SSSR count). The van der Waals surface area contributed by atoms with Crippen molar-refractivity contribution in [2.24, 2.45) is 0 Å². The fourth-order valence-electron chi connectivity index (χ4n) is 3.11. The first-order valence-corrected chi connectivity index (χ1v) is 10.7.